The molecule has 6 aliphatic heterocycles. The number of aryl methyl sites for hydroxylation is 1. The third kappa shape index (κ3) is 6.38. The first-order valence-electron chi connectivity index (χ1n) is 21.6. The Balaban J connectivity index is 0.698. The van der Waals surface area contributed by atoms with Crippen LogP contribution in [0, 0.1) is 5.41 Å². The summed E-state index contributed by atoms with van der Waals surface area (Å²) >= 11 is 0. The molecule has 0 bridgehead atoms. The van der Waals surface area contributed by atoms with Crippen LogP contribution in [0.15, 0.2) is 84.9 Å². The van der Waals surface area contributed by atoms with Crippen LogP contribution in [0.2, 0.25) is 0 Å². The smallest absolute Gasteiger partial charge is 0.255 e. The minimum atomic E-state index is -0.660. The molecule has 6 heterocycles. The van der Waals surface area contributed by atoms with Crippen LogP contribution in [0.4, 0.5) is 11.4 Å². The lowest BCUT2D eigenvalue weighted by molar-refractivity contribution is -0.137. The standard InChI is InChI=1S/C48H50N6O6/c55-36-11-13-38-32(20-36)8-12-37(30-4-2-1-3-5-30)45(38)31-6-9-34(10-7-31)52-28-48(29-52)16-17-50(27-48)25-44(57)51-18-19-53-35(24-51)26-60-42-22-39-33(21-41(42)53)23-54(47(39)59)40-14-15-43(56)49-46(40)58/h1-7,9-11,13,20-22,35,37,40,45,55H,8,12,14-19,23-29H2,(H,49,56,58)/t35-,37+,40?,45-/m0/s1. The molecule has 2 N–H and O–H groups in total. The number of rotatable bonds is 6. The van der Waals surface area contributed by atoms with Crippen molar-refractivity contribution in [1.82, 2.24) is 20.0 Å². The van der Waals surface area contributed by atoms with E-state index >= 15 is 0 Å². The number of carbonyl (C=O) groups excluding carboxylic acids is 4. The average molecular weight is 807 g/mol. The summed E-state index contributed by atoms with van der Waals surface area (Å²) in [7, 11) is 0. The molecule has 0 saturated carbocycles. The summed E-state index contributed by atoms with van der Waals surface area (Å²) in [6.07, 6.45) is 3.64. The zero-order valence-electron chi connectivity index (χ0n) is 33.7. The lowest BCUT2D eigenvalue weighted by atomic mass is 9.69. The first-order chi connectivity index (χ1) is 29.2. The predicted molar refractivity (Wildman–Crippen MR) is 225 cm³/mol. The number of nitrogens with zero attached hydrogens (tertiary/aromatic N) is 5. The van der Waals surface area contributed by atoms with E-state index in [0.29, 0.717) is 68.7 Å². The van der Waals surface area contributed by atoms with Gasteiger partial charge >= 0.3 is 0 Å². The van der Waals surface area contributed by atoms with Crippen LogP contribution in [0.3, 0.4) is 0 Å². The van der Waals surface area contributed by atoms with Gasteiger partial charge in [0, 0.05) is 74.8 Å². The quantitative estimate of drug-likeness (QED) is 0.269. The molecule has 12 nitrogen and oxygen atoms in total. The van der Waals surface area contributed by atoms with E-state index in [4.69, 9.17) is 4.74 Å². The molecule has 0 aromatic heterocycles. The molecule has 11 rings (SSSR count). The molecule has 4 amide bonds. The molecular weight excluding hydrogens is 757 g/mol. The second-order valence-corrected chi connectivity index (χ2v) is 18.2. The van der Waals surface area contributed by atoms with Crippen LogP contribution < -0.4 is 19.9 Å². The Morgan fingerprint density at radius 1 is 0.833 bits per heavy atom. The number of likely N-dealkylation sites (tertiary alicyclic amines) is 1. The number of hydrogen-bond acceptors (Lipinski definition) is 9. The second kappa shape index (κ2) is 14.4. The van der Waals surface area contributed by atoms with Gasteiger partial charge < -0.3 is 29.4 Å². The Morgan fingerprint density at radius 2 is 1.67 bits per heavy atom. The molecule has 308 valence electrons. The maximum absolute atomic E-state index is 13.8. The molecular formula is C48H50N6O6. The highest BCUT2D eigenvalue weighted by Crippen LogP contribution is 2.48. The van der Waals surface area contributed by atoms with E-state index in [1.54, 1.807) is 11.0 Å². The molecule has 4 aromatic rings. The van der Waals surface area contributed by atoms with Crippen LogP contribution in [0.25, 0.3) is 0 Å². The maximum Gasteiger partial charge on any atom is 0.255 e. The number of anilines is 2. The average Bonchev–Trinajstić information content (AvgIpc) is 3.82. The summed E-state index contributed by atoms with van der Waals surface area (Å²) in [5.74, 6) is 0.828. The number of ether oxygens (including phenoxy) is 1. The van der Waals surface area contributed by atoms with Crippen molar-refractivity contribution in [2.75, 3.05) is 68.8 Å². The Hall–Kier alpha value is -5.88. The largest absolute Gasteiger partial charge is 0.508 e. The molecule has 12 heteroatoms. The normalized spacial score (nSPS) is 25.6. The summed E-state index contributed by atoms with van der Waals surface area (Å²) < 4.78 is 6.22. The monoisotopic (exact) mass is 806 g/mol. The fourth-order valence-corrected chi connectivity index (χ4v) is 11.5. The number of imide groups is 1. The summed E-state index contributed by atoms with van der Waals surface area (Å²) in [4.78, 5) is 62.1. The maximum atomic E-state index is 13.8. The number of fused-ring (bicyclic) bond motifs is 5. The van der Waals surface area contributed by atoms with E-state index in [1.165, 1.54) is 27.9 Å². The van der Waals surface area contributed by atoms with Crippen molar-refractivity contribution >= 4 is 35.0 Å². The summed E-state index contributed by atoms with van der Waals surface area (Å²) in [6, 6.07) is 29.1. The Morgan fingerprint density at radius 3 is 2.48 bits per heavy atom. The summed E-state index contributed by atoms with van der Waals surface area (Å²) in [5.41, 5.74) is 9.00. The lowest BCUT2D eigenvalue weighted by Gasteiger charge is -2.49. The Bertz CT molecular complexity index is 2400. The molecule has 1 aliphatic carbocycles. The van der Waals surface area contributed by atoms with Gasteiger partial charge in [-0.25, -0.2) is 0 Å². The van der Waals surface area contributed by atoms with E-state index in [-0.39, 0.29) is 41.5 Å². The third-order valence-corrected chi connectivity index (χ3v) is 14.5. The van der Waals surface area contributed by atoms with E-state index in [1.807, 2.05) is 23.1 Å². The van der Waals surface area contributed by atoms with Crippen LogP contribution >= 0.6 is 0 Å². The van der Waals surface area contributed by atoms with Gasteiger partial charge in [0.25, 0.3) is 5.91 Å². The van der Waals surface area contributed by atoms with Crippen molar-refractivity contribution in [3.8, 4) is 11.5 Å². The third-order valence-electron chi connectivity index (χ3n) is 14.5. The second-order valence-electron chi connectivity index (χ2n) is 18.2. The van der Waals surface area contributed by atoms with Crippen molar-refractivity contribution in [1.29, 1.82) is 0 Å². The summed E-state index contributed by atoms with van der Waals surface area (Å²) in [5, 5.41) is 12.6. The van der Waals surface area contributed by atoms with E-state index in [9.17, 15) is 24.3 Å². The van der Waals surface area contributed by atoms with E-state index in [0.717, 1.165) is 56.7 Å². The highest BCUT2D eigenvalue weighted by atomic mass is 16.5. The number of hydrogen-bond donors (Lipinski definition) is 2. The highest BCUT2D eigenvalue weighted by Gasteiger charge is 2.48. The number of amides is 4. The number of benzene rings is 4. The van der Waals surface area contributed by atoms with Crippen LogP contribution in [0.1, 0.15) is 75.7 Å². The highest BCUT2D eigenvalue weighted by molar-refractivity contribution is 6.06. The van der Waals surface area contributed by atoms with Crippen molar-refractivity contribution < 1.29 is 29.0 Å². The van der Waals surface area contributed by atoms with Gasteiger partial charge in [0.15, 0.2) is 0 Å². The van der Waals surface area contributed by atoms with E-state index < -0.39 is 11.9 Å². The fourth-order valence-electron chi connectivity index (χ4n) is 11.5. The van der Waals surface area contributed by atoms with Gasteiger partial charge in [-0.3, -0.25) is 29.4 Å². The number of aromatic hydroxyl groups is 1. The Labute approximate surface area is 349 Å². The molecule has 1 spiro atoms. The van der Waals surface area contributed by atoms with Crippen LogP contribution in [-0.4, -0.2) is 114 Å². The number of piperazine rings is 1. The van der Waals surface area contributed by atoms with Crippen molar-refractivity contribution in [2.45, 2.75) is 62.6 Å². The van der Waals surface area contributed by atoms with E-state index in [2.05, 4.69) is 80.7 Å². The molecule has 0 radical (unpaired) electrons. The van der Waals surface area contributed by atoms with Crippen LogP contribution in [-0.2, 0) is 27.3 Å². The predicted octanol–water partition coefficient (Wildman–Crippen LogP) is 4.64. The van der Waals surface area contributed by atoms with Gasteiger partial charge in [-0.05, 0) is 102 Å². The molecule has 4 aromatic carbocycles. The Kier molecular flexibility index (Phi) is 8.91. The minimum Gasteiger partial charge on any atom is -0.508 e. The molecule has 4 saturated heterocycles. The first-order valence-corrected chi connectivity index (χ1v) is 21.6. The van der Waals surface area contributed by atoms with Gasteiger partial charge in [0.05, 0.1) is 18.3 Å². The number of phenols is 1. The number of nitrogens with one attached hydrogen (secondary N) is 1. The molecule has 1 unspecified atom stereocenters. The molecule has 60 heavy (non-hydrogen) atoms. The van der Waals surface area contributed by atoms with Crippen molar-refractivity contribution in [3.63, 3.8) is 0 Å². The topological polar surface area (TPSA) is 126 Å². The van der Waals surface area contributed by atoms with Crippen LogP contribution in [0.5, 0.6) is 11.5 Å². The summed E-state index contributed by atoms with van der Waals surface area (Å²) in [6.45, 7) is 6.89. The van der Waals surface area contributed by atoms with Gasteiger partial charge in [-0.2, -0.15) is 0 Å². The van der Waals surface area contributed by atoms with Gasteiger partial charge in [-0.15, -0.1) is 0 Å². The zero-order chi connectivity index (χ0) is 40.7. The van der Waals surface area contributed by atoms with Gasteiger partial charge in [0.1, 0.15) is 24.1 Å². The molecule has 7 aliphatic rings. The molecule has 4 fully saturated rings. The SMILES string of the molecule is O=C1CCC(N2Cc3cc4c(cc3C2=O)OC[C@@H]2CN(C(=O)CN3CCC5(C3)CN(c3ccc([C@@H]6c7ccc(O)cc7CC[C@@H]6c6ccccc6)cc3)C5)CCN42)C(=O)N1. The van der Waals surface area contributed by atoms with Crippen molar-refractivity contribution in [2.24, 2.45) is 5.41 Å². The lowest BCUT2D eigenvalue weighted by Crippen LogP contribution is -2.60. The number of carbonyl (C=O) groups is 4. The van der Waals surface area contributed by atoms with Gasteiger partial charge in [0.2, 0.25) is 17.7 Å². The molecule has 4 atom stereocenters. The zero-order valence-corrected chi connectivity index (χ0v) is 33.7. The first kappa shape index (κ1) is 37.1. The number of piperidine rings is 1. The number of phenolic OH excluding ortho intramolecular Hbond substituents is 1. The minimum absolute atomic E-state index is 0.0126. The fraction of sp³-hybridized carbons (Fsp3) is 0.417. The van der Waals surface area contributed by atoms with Crippen molar-refractivity contribution in [3.05, 3.63) is 118 Å². The van der Waals surface area contributed by atoms with Gasteiger partial charge in [-0.1, -0.05) is 48.5 Å².